The van der Waals surface area contributed by atoms with Crippen molar-refractivity contribution in [2.75, 3.05) is 0 Å². The minimum atomic E-state index is 0.705. The van der Waals surface area contributed by atoms with Crippen molar-refractivity contribution in [3.05, 3.63) is 58.4 Å². The van der Waals surface area contributed by atoms with E-state index < -0.39 is 0 Å². The zero-order chi connectivity index (χ0) is 12.5. The molecule has 0 unspecified atom stereocenters. The normalized spacial score (nSPS) is 10.4. The Morgan fingerprint density at radius 2 is 1.72 bits per heavy atom. The number of nitrogens with zero attached hydrogens (tertiary/aromatic N) is 1. The average Bonchev–Trinajstić information content (AvgIpc) is 2.78. The molecule has 0 aliphatic rings. The SMILES string of the molecule is N#Cc1sc2ccccc2c1-c1ccc(Cl)cc1. The van der Waals surface area contributed by atoms with Crippen molar-refractivity contribution >= 4 is 33.0 Å². The maximum Gasteiger partial charge on any atom is 0.113 e. The summed E-state index contributed by atoms with van der Waals surface area (Å²) < 4.78 is 1.14. The number of benzene rings is 2. The molecule has 18 heavy (non-hydrogen) atoms. The Labute approximate surface area is 114 Å². The summed E-state index contributed by atoms with van der Waals surface area (Å²) in [5, 5.41) is 11.1. The fourth-order valence-corrected chi connectivity index (χ4v) is 3.18. The molecule has 86 valence electrons. The highest BCUT2D eigenvalue weighted by atomic mass is 35.5. The van der Waals surface area contributed by atoms with Crippen LogP contribution in [0.3, 0.4) is 0 Å². The molecular weight excluding hydrogens is 262 g/mol. The van der Waals surface area contributed by atoms with Crippen molar-refractivity contribution in [1.29, 1.82) is 5.26 Å². The lowest BCUT2D eigenvalue weighted by Crippen LogP contribution is -1.78. The molecule has 0 saturated carbocycles. The quantitative estimate of drug-likeness (QED) is 0.603. The van der Waals surface area contributed by atoms with Gasteiger partial charge in [0.1, 0.15) is 10.9 Å². The first-order valence-corrected chi connectivity index (χ1v) is 6.66. The Bertz CT molecular complexity index is 750. The molecule has 2 aromatic carbocycles. The smallest absolute Gasteiger partial charge is 0.113 e. The third-order valence-corrected chi connectivity index (χ3v) is 4.16. The Morgan fingerprint density at radius 1 is 1.00 bits per heavy atom. The first-order valence-electron chi connectivity index (χ1n) is 5.47. The average molecular weight is 270 g/mol. The predicted molar refractivity (Wildman–Crippen MR) is 77.0 cm³/mol. The molecule has 0 aliphatic carbocycles. The number of rotatable bonds is 1. The Morgan fingerprint density at radius 3 is 2.44 bits per heavy atom. The lowest BCUT2D eigenvalue weighted by atomic mass is 10.0. The Hall–Kier alpha value is -1.82. The summed E-state index contributed by atoms with van der Waals surface area (Å²) in [6.45, 7) is 0. The molecule has 1 nitrogen and oxygen atoms in total. The van der Waals surface area contributed by atoms with Crippen LogP contribution < -0.4 is 0 Å². The molecule has 3 aromatic rings. The van der Waals surface area contributed by atoms with E-state index in [0.717, 1.165) is 26.1 Å². The van der Waals surface area contributed by atoms with Gasteiger partial charge in [-0.15, -0.1) is 11.3 Å². The summed E-state index contributed by atoms with van der Waals surface area (Å²) in [6, 6.07) is 18.0. The van der Waals surface area contributed by atoms with Crippen molar-refractivity contribution in [2.45, 2.75) is 0 Å². The van der Waals surface area contributed by atoms with Gasteiger partial charge < -0.3 is 0 Å². The van der Waals surface area contributed by atoms with E-state index in [4.69, 9.17) is 11.6 Å². The first kappa shape index (κ1) is 11.3. The number of fused-ring (bicyclic) bond motifs is 1. The van der Waals surface area contributed by atoms with Crippen molar-refractivity contribution in [3.63, 3.8) is 0 Å². The monoisotopic (exact) mass is 269 g/mol. The Balaban J connectivity index is 2.33. The summed E-state index contributed by atoms with van der Waals surface area (Å²) >= 11 is 7.43. The molecule has 0 atom stereocenters. The maximum atomic E-state index is 9.27. The van der Waals surface area contributed by atoms with Crippen LogP contribution in [0.4, 0.5) is 0 Å². The third kappa shape index (κ3) is 1.78. The minimum absolute atomic E-state index is 0.705. The Kier molecular flexibility index (Phi) is 2.79. The van der Waals surface area contributed by atoms with Crippen molar-refractivity contribution < 1.29 is 0 Å². The molecule has 0 N–H and O–H groups in total. The van der Waals surface area contributed by atoms with E-state index in [9.17, 15) is 5.26 Å². The zero-order valence-corrected chi connectivity index (χ0v) is 10.9. The molecule has 0 fully saturated rings. The second-order valence-corrected chi connectivity index (χ2v) is 5.41. The molecular formula is C15H8ClNS. The van der Waals surface area contributed by atoms with Gasteiger partial charge in [0, 0.05) is 20.7 Å². The minimum Gasteiger partial charge on any atom is -0.192 e. The standard InChI is InChI=1S/C15H8ClNS/c16-11-7-5-10(6-8-11)15-12-3-1-2-4-13(12)18-14(15)9-17/h1-8H. The van der Waals surface area contributed by atoms with E-state index in [1.807, 2.05) is 42.5 Å². The summed E-state index contributed by atoms with van der Waals surface area (Å²) in [5.41, 5.74) is 2.04. The molecule has 0 bridgehead atoms. The highest BCUT2D eigenvalue weighted by Crippen LogP contribution is 2.38. The molecule has 1 heterocycles. The van der Waals surface area contributed by atoms with E-state index in [2.05, 4.69) is 12.1 Å². The molecule has 3 rings (SSSR count). The van der Waals surface area contributed by atoms with Crippen LogP contribution >= 0.6 is 22.9 Å². The van der Waals surface area contributed by atoms with Gasteiger partial charge >= 0.3 is 0 Å². The van der Waals surface area contributed by atoms with Gasteiger partial charge in [-0.3, -0.25) is 0 Å². The van der Waals surface area contributed by atoms with Crippen LogP contribution in [0.15, 0.2) is 48.5 Å². The first-order chi connectivity index (χ1) is 8.79. The molecule has 0 radical (unpaired) electrons. The molecule has 3 heteroatoms. The van der Waals surface area contributed by atoms with E-state index in [1.165, 1.54) is 11.3 Å². The van der Waals surface area contributed by atoms with Gasteiger partial charge in [-0.05, 0) is 23.8 Å². The zero-order valence-electron chi connectivity index (χ0n) is 9.35. The second-order valence-electron chi connectivity index (χ2n) is 3.92. The van der Waals surface area contributed by atoms with Gasteiger partial charge in [-0.25, -0.2) is 0 Å². The number of halogens is 1. The van der Waals surface area contributed by atoms with Crippen LogP contribution in [0.5, 0.6) is 0 Å². The van der Waals surface area contributed by atoms with Crippen LogP contribution in [0.1, 0.15) is 4.88 Å². The third-order valence-electron chi connectivity index (χ3n) is 2.83. The van der Waals surface area contributed by atoms with E-state index in [0.29, 0.717) is 5.02 Å². The molecule has 0 amide bonds. The van der Waals surface area contributed by atoms with Crippen LogP contribution in [-0.4, -0.2) is 0 Å². The van der Waals surface area contributed by atoms with Crippen molar-refractivity contribution in [1.82, 2.24) is 0 Å². The van der Waals surface area contributed by atoms with Crippen LogP contribution in [-0.2, 0) is 0 Å². The predicted octanol–water partition coefficient (Wildman–Crippen LogP) is 5.09. The highest BCUT2D eigenvalue weighted by Gasteiger charge is 2.13. The summed E-state index contributed by atoms with van der Waals surface area (Å²) in [6.07, 6.45) is 0. The lowest BCUT2D eigenvalue weighted by molar-refractivity contribution is 1.52. The van der Waals surface area contributed by atoms with E-state index in [-0.39, 0.29) is 0 Å². The summed E-state index contributed by atoms with van der Waals surface area (Å²) in [5.74, 6) is 0. The van der Waals surface area contributed by atoms with Gasteiger partial charge in [0.2, 0.25) is 0 Å². The fourth-order valence-electron chi connectivity index (χ4n) is 2.03. The fraction of sp³-hybridized carbons (Fsp3) is 0. The van der Waals surface area contributed by atoms with E-state index in [1.54, 1.807) is 0 Å². The summed E-state index contributed by atoms with van der Waals surface area (Å²) in [4.78, 5) is 0.749. The van der Waals surface area contributed by atoms with Gasteiger partial charge in [0.05, 0.1) is 0 Å². The van der Waals surface area contributed by atoms with Gasteiger partial charge in [0.15, 0.2) is 0 Å². The number of nitriles is 1. The molecule has 0 spiro atoms. The van der Waals surface area contributed by atoms with Gasteiger partial charge in [0.25, 0.3) is 0 Å². The number of hydrogen-bond donors (Lipinski definition) is 0. The van der Waals surface area contributed by atoms with Crippen LogP contribution in [0.25, 0.3) is 21.2 Å². The highest BCUT2D eigenvalue weighted by molar-refractivity contribution is 7.20. The van der Waals surface area contributed by atoms with E-state index >= 15 is 0 Å². The lowest BCUT2D eigenvalue weighted by Gasteiger charge is -2.01. The molecule has 0 saturated heterocycles. The number of thiophene rings is 1. The maximum absolute atomic E-state index is 9.27. The largest absolute Gasteiger partial charge is 0.192 e. The molecule has 1 aromatic heterocycles. The van der Waals surface area contributed by atoms with Crippen LogP contribution in [0, 0.1) is 11.3 Å². The number of hydrogen-bond acceptors (Lipinski definition) is 2. The van der Waals surface area contributed by atoms with Gasteiger partial charge in [-0.1, -0.05) is 41.9 Å². The summed E-state index contributed by atoms with van der Waals surface area (Å²) in [7, 11) is 0. The van der Waals surface area contributed by atoms with Crippen molar-refractivity contribution in [2.24, 2.45) is 0 Å². The van der Waals surface area contributed by atoms with Crippen LogP contribution in [0.2, 0.25) is 5.02 Å². The molecule has 0 aliphatic heterocycles. The van der Waals surface area contributed by atoms with Gasteiger partial charge in [-0.2, -0.15) is 5.26 Å². The van der Waals surface area contributed by atoms with Crippen molar-refractivity contribution in [3.8, 4) is 17.2 Å². The second kappa shape index (κ2) is 4.45. The topological polar surface area (TPSA) is 23.8 Å².